The van der Waals surface area contributed by atoms with Gasteiger partial charge in [-0.05, 0) is 38.5 Å². The van der Waals surface area contributed by atoms with E-state index in [1.807, 2.05) is 12.1 Å². The second-order valence-electron chi connectivity index (χ2n) is 7.41. The second-order valence-corrected chi connectivity index (χ2v) is 7.41. The molecule has 0 unspecified atom stereocenters. The third-order valence-electron chi connectivity index (χ3n) is 5.40. The van der Waals surface area contributed by atoms with Crippen molar-refractivity contribution in [2.75, 3.05) is 38.1 Å². The normalized spacial score (nSPS) is 21.0. The zero-order chi connectivity index (χ0) is 19.6. The van der Waals surface area contributed by atoms with Gasteiger partial charge in [0.1, 0.15) is 6.04 Å². The summed E-state index contributed by atoms with van der Waals surface area (Å²) in [4.78, 5) is 43.0. The zero-order valence-electron chi connectivity index (χ0n) is 16.3. The third-order valence-corrected chi connectivity index (χ3v) is 5.40. The van der Waals surface area contributed by atoms with Crippen LogP contribution in [0.15, 0.2) is 24.3 Å². The Morgan fingerprint density at radius 2 is 1.96 bits per heavy atom. The lowest BCUT2D eigenvalue weighted by atomic mass is 10.1. The van der Waals surface area contributed by atoms with Gasteiger partial charge in [-0.25, -0.2) is 0 Å². The molecule has 27 heavy (non-hydrogen) atoms. The predicted octanol–water partition coefficient (Wildman–Crippen LogP) is 1.09. The van der Waals surface area contributed by atoms with Crippen LogP contribution in [0, 0.1) is 0 Å². The SMILES string of the molecule is CNC(=O)[C@H]1CN(C(=O)c2cccc(N3CCCC3=O)c2)CCN1C(C)C. The highest BCUT2D eigenvalue weighted by Crippen LogP contribution is 2.24. The molecule has 2 fully saturated rings. The summed E-state index contributed by atoms with van der Waals surface area (Å²) in [6, 6.07) is 7.12. The van der Waals surface area contributed by atoms with Crippen molar-refractivity contribution >= 4 is 23.4 Å². The molecule has 2 heterocycles. The number of hydrogen-bond acceptors (Lipinski definition) is 4. The average Bonchev–Trinajstić information content (AvgIpc) is 3.12. The van der Waals surface area contributed by atoms with E-state index in [4.69, 9.17) is 0 Å². The van der Waals surface area contributed by atoms with Crippen molar-refractivity contribution in [1.82, 2.24) is 15.1 Å². The molecule has 1 N–H and O–H groups in total. The molecule has 2 aliphatic heterocycles. The molecule has 2 aliphatic rings. The van der Waals surface area contributed by atoms with E-state index in [1.165, 1.54) is 0 Å². The van der Waals surface area contributed by atoms with Gasteiger partial charge in [-0.15, -0.1) is 0 Å². The number of rotatable bonds is 4. The number of carbonyl (C=O) groups is 3. The summed E-state index contributed by atoms with van der Waals surface area (Å²) >= 11 is 0. The first-order chi connectivity index (χ1) is 12.9. The standard InChI is InChI=1S/C20H28N4O3/c1-14(2)23-11-10-22(13-17(23)19(26)21-3)20(27)15-6-4-7-16(12-15)24-9-5-8-18(24)25/h4,6-7,12,14,17H,5,8-11,13H2,1-3H3,(H,21,26)/t17-/m1/s1. The molecular weight excluding hydrogens is 344 g/mol. The molecule has 0 bridgehead atoms. The molecule has 3 amide bonds. The smallest absolute Gasteiger partial charge is 0.254 e. The summed E-state index contributed by atoms with van der Waals surface area (Å²) in [5, 5.41) is 2.71. The van der Waals surface area contributed by atoms with Gasteiger partial charge >= 0.3 is 0 Å². The average molecular weight is 372 g/mol. The van der Waals surface area contributed by atoms with Crippen LogP contribution in [-0.2, 0) is 9.59 Å². The summed E-state index contributed by atoms with van der Waals surface area (Å²) in [6.45, 7) is 6.42. The Labute approximate surface area is 160 Å². The molecule has 1 aromatic rings. The molecular formula is C20H28N4O3. The van der Waals surface area contributed by atoms with Crippen molar-refractivity contribution in [3.05, 3.63) is 29.8 Å². The molecule has 1 atom stereocenters. The lowest BCUT2D eigenvalue weighted by Crippen LogP contribution is -2.61. The number of amides is 3. The zero-order valence-corrected chi connectivity index (χ0v) is 16.3. The Morgan fingerprint density at radius 3 is 2.59 bits per heavy atom. The molecule has 0 spiro atoms. The van der Waals surface area contributed by atoms with Crippen molar-refractivity contribution in [3.63, 3.8) is 0 Å². The highest BCUT2D eigenvalue weighted by atomic mass is 16.2. The van der Waals surface area contributed by atoms with Gasteiger partial charge in [0.2, 0.25) is 11.8 Å². The van der Waals surface area contributed by atoms with Crippen molar-refractivity contribution < 1.29 is 14.4 Å². The Balaban J connectivity index is 1.77. The van der Waals surface area contributed by atoms with Gasteiger partial charge in [-0.1, -0.05) is 6.07 Å². The van der Waals surface area contributed by atoms with E-state index in [9.17, 15) is 14.4 Å². The Hall–Kier alpha value is -2.41. The molecule has 146 valence electrons. The Bertz CT molecular complexity index is 734. The van der Waals surface area contributed by atoms with Crippen molar-refractivity contribution in [2.45, 2.75) is 38.8 Å². The number of piperazine rings is 1. The van der Waals surface area contributed by atoms with Crippen LogP contribution in [0.5, 0.6) is 0 Å². The van der Waals surface area contributed by atoms with E-state index in [1.54, 1.807) is 29.0 Å². The van der Waals surface area contributed by atoms with E-state index < -0.39 is 0 Å². The fourth-order valence-electron chi connectivity index (χ4n) is 3.91. The highest BCUT2D eigenvalue weighted by molar-refractivity contribution is 5.99. The fraction of sp³-hybridized carbons (Fsp3) is 0.550. The molecule has 7 heteroatoms. The van der Waals surface area contributed by atoms with Crippen molar-refractivity contribution in [2.24, 2.45) is 0 Å². The fourth-order valence-corrected chi connectivity index (χ4v) is 3.91. The predicted molar refractivity (Wildman–Crippen MR) is 104 cm³/mol. The summed E-state index contributed by atoms with van der Waals surface area (Å²) in [6.07, 6.45) is 1.41. The molecule has 1 aromatic carbocycles. The van der Waals surface area contributed by atoms with Crippen LogP contribution in [0.1, 0.15) is 37.0 Å². The van der Waals surface area contributed by atoms with Crippen LogP contribution in [0.3, 0.4) is 0 Å². The molecule has 0 aliphatic carbocycles. The van der Waals surface area contributed by atoms with E-state index in [0.29, 0.717) is 38.2 Å². The first-order valence-corrected chi connectivity index (χ1v) is 9.59. The van der Waals surface area contributed by atoms with Crippen LogP contribution in [0.2, 0.25) is 0 Å². The highest BCUT2D eigenvalue weighted by Gasteiger charge is 2.35. The number of nitrogens with zero attached hydrogens (tertiary/aromatic N) is 3. The maximum atomic E-state index is 13.1. The van der Waals surface area contributed by atoms with Crippen molar-refractivity contribution in [1.29, 1.82) is 0 Å². The number of carbonyl (C=O) groups excluding carboxylic acids is 3. The maximum absolute atomic E-state index is 13.1. The van der Waals surface area contributed by atoms with Gasteiger partial charge in [0, 0.05) is 56.9 Å². The first-order valence-electron chi connectivity index (χ1n) is 9.59. The van der Waals surface area contributed by atoms with E-state index in [0.717, 1.165) is 12.1 Å². The topological polar surface area (TPSA) is 73.0 Å². The van der Waals surface area contributed by atoms with Gasteiger partial charge in [0.15, 0.2) is 0 Å². The first kappa shape index (κ1) is 19.4. The largest absolute Gasteiger partial charge is 0.358 e. The van der Waals surface area contributed by atoms with Crippen LogP contribution in [0.25, 0.3) is 0 Å². The summed E-state index contributed by atoms with van der Waals surface area (Å²) in [5.41, 5.74) is 1.33. The van der Waals surface area contributed by atoms with Gasteiger partial charge in [0.05, 0.1) is 0 Å². The summed E-state index contributed by atoms with van der Waals surface area (Å²) < 4.78 is 0. The molecule has 2 saturated heterocycles. The number of hydrogen-bond donors (Lipinski definition) is 1. The summed E-state index contributed by atoms with van der Waals surface area (Å²) in [7, 11) is 1.62. The summed E-state index contributed by atoms with van der Waals surface area (Å²) in [5.74, 6) is -0.0664. The van der Waals surface area contributed by atoms with Gasteiger partial charge in [-0.2, -0.15) is 0 Å². The lowest BCUT2D eigenvalue weighted by Gasteiger charge is -2.42. The molecule has 0 radical (unpaired) electrons. The Kier molecular flexibility index (Phi) is 5.79. The van der Waals surface area contributed by atoms with Crippen LogP contribution >= 0.6 is 0 Å². The molecule has 3 rings (SSSR count). The monoisotopic (exact) mass is 372 g/mol. The van der Waals surface area contributed by atoms with Gasteiger partial charge < -0.3 is 15.1 Å². The lowest BCUT2D eigenvalue weighted by molar-refractivity contribution is -0.128. The van der Waals surface area contributed by atoms with Crippen LogP contribution in [-0.4, -0.2) is 72.8 Å². The van der Waals surface area contributed by atoms with E-state index in [2.05, 4.69) is 24.1 Å². The third kappa shape index (κ3) is 3.98. The van der Waals surface area contributed by atoms with E-state index in [-0.39, 0.29) is 29.8 Å². The number of benzene rings is 1. The minimum absolute atomic E-state index is 0.0717. The van der Waals surface area contributed by atoms with Gasteiger partial charge in [0.25, 0.3) is 5.91 Å². The minimum Gasteiger partial charge on any atom is -0.358 e. The quantitative estimate of drug-likeness (QED) is 0.859. The maximum Gasteiger partial charge on any atom is 0.254 e. The minimum atomic E-state index is -0.351. The number of nitrogens with one attached hydrogen (secondary N) is 1. The van der Waals surface area contributed by atoms with Crippen LogP contribution < -0.4 is 10.2 Å². The molecule has 0 aromatic heterocycles. The molecule has 7 nitrogen and oxygen atoms in total. The van der Waals surface area contributed by atoms with Crippen LogP contribution in [0.4, 0.5) is 5.69 Å². The van der Waals surface area contributed by atoms with Crippen molar-refractivity contribution in [3.8, 4) is 0 Å². The molecule has 0 saturated carbocycles. The Morgan fingerprint density at radius 1 is 1.19 bits per heavy atom. The number of anilines is 1. The number of likely N-dealkylation sites (N-methyl/N-ethyl adjacent to an activating group) is 1. The second kappa shape index (κ2) is 8.08. The van der Waals surface area contributed by atoms with E-state index >= 15 is 0 Å². The van der Waals surface area contributed by atoms with Gasteiger partial charge in [-0.3, -0.25) is 19.3 Å².